The SMILES string of the molecule is COc1ccc(C(CN)c2cccs2)c(OC)c1OC. The summed E-state index contributed by atoms with van der Waals surface area (Å²) in [6.07, 6.45) is 0. The van der Waals surface area contributed by atoms with Gasteiger partial charge in [0.1, 0.15) is 0 Å². The van der Waals surface area contributed by atoms with Crippen molar-refractivity contribution in [2.45, 2.75) is 5.92 Å². The molecule has 1 atom stereocenters. The molecule has 0 aliphatic carbocycles. The second kappa shape index (κ2) is 6.63. The van der Waals surface area contributed by atoms with Gasteiger partial charge >= 0.3 is 0 Å². The highest BCUT2D eigenvalue weighted by Gasteiger charge is 2.23. The zero-order valence-corrected chi connectivity index (χ0v) is 12.7. The van der Waals surface area contributed by atoms with Crippen molar-refractivity contribution in [3.63, 3.8) is 0 Å². The minimum atomic E-state index is 0.0877. The number of hydrogen-bond acceptors (Lipinski definition) is 5. The Hall–Kier alpha value is -1.72. The lowest BCUT2D eigenvalue weighted by Gasteiger charge is -2.20. The standard InChI is InChI=1S/C15H19NO3S/c1-17-12-7-6-10(14(18-2)15(12)19-3)11(9-16)13-5-4-8-20-13/h4-8,11H,9,16H2,1-3H3. The summed E-state index contributed by atoms with van der Waals surface area (Å²) in [7, 11) is 4.84. The fourth-order valence-corrected chi connectivity index (χ4v) is 3.14. The Balaban J connectivity index is 2.55. The van der Waals surface area contributed by atoms with E-state index in [9.17, 15) is 0 Å². The summed E-state index contributed by atoms with van der Waals surface area (Å²) < 4.78 is 16.3. The highest BCUT2D eigenvalue weighted by molar-refractivity contribution is 7.10. The average molecular weight is 293 g/mol. The number of nitrogens with two attached hydrogens (primary N) is 1. The molecule has 2 aromatic rings. The summed E-state index contributed by atoms with van der Waals surface area (Å²) >= 11 is 1.69. The smallest absolute Gasteiger partial charge is 0.203 e. The van der Waals surface area contributed by atoms with Crippen LogP contribution in [0.5, 0.6) is 17.2 Å². The van der Waals surface area contributed by atoms with E-state index in [2.05, 4.69) is 6.07 Å². The van der Waals surface area contributed by atoms with E-state index in [1.165, 1.54) is 4.88 Å². The van der Waals surface area contributed by atoms with Crippen LogP contribution in [-0.4, -0.2) is 27.9 Å². The Kier molecular flexibility index (Phi) is 4.87. The fourth-order valence-electron chi connectivity index (χ4n) is 2.28. The molecular formula is C15H19NO3S. The third-order valence-corrected chi connectivity index (χ3v) is 4.22. The molecule has 0 amide bonds. The second-order valence-electron chi connectivity index (χ2n) is 4.23. The molecule has 5 heteroatoms. The van der Waals surface area contributed by atoms with E-state index in [-0.39, 0.29) is 5.92 Å². The molecule has 20 heavy (non-hydrogen) atoms. The third kappa shape index (κ3) is 2.59. The summed E-state index contributed by atoms with van der Waals surface area (Å²) in [6, 6.07) is 7.97. The van der Waals surface area contributed by atoms with E-state index < -0.39 is 0 Å². The number of ether oxygens (including phenoxy) is 3. The zero-order chi connectivity index (χ0) is 14.5. The van der Waals surface area contributed by atoms with Gasteiger partial charge in [-0.15, -0.1) is 11.3 Å². The van der Waals surface area contributed by atoms with Gasteiger partial charge in [-0.2, -0.15) is 0 Å². The van der Waals surface area contributed by atoms with Crippen LogP contribution in [0.4, 0.5) is 0 Å². The molecule has 0 aliphatic rings. The van der Waals surface area contributed by atoms with Gasteiger partial charge in [-0.25, -0.2) is 0 Å². The van der Waals surface area contributed by atoms with E-state index in [1.807, 2.05) is 23.6 Å². The van der Waals surface area contributed by atoms with E-state index in [1.54, 1.807) is 32.7 Å². The van der Waals surface area contributed by atoms with Crippen molar-refractivity contribution in [1.29, 1.82) is 0 Å². The Bertz CT molecular complexity index is 554. The van der Waals surface area contributed by atoms with Crippen LogP contribution in [0.3, 0.4) is 0 Å². The molecule has 2 rings (SSSR count). The quantitative estimate of drug-likeness (QED) is 0.890. The van der Waals surface area contributed by atoms with Crippen LogP contribution in [-0.2, 0) is 0 Å². The van der Waals surface area contributed by atoms with E-state index in [0.717, 1.165) is 5.56 Å². The second-order valence-corrected chi connectivity index (χ2v) is 5.21. The van der Waals surface area contributed by atoms with Gasteiger partial charge in [0.25, 0.3) is 0 Å². The molecule has 108 valence electrons. The molecule has 1 heterocycles. The molecule has 1 aromatic heterocycles. The van der Waals surface area contributed by atoms with Gasteiger partial charge in [0.05, 0.1) is 21.3 Å². The first-order chi connectivity index (χ1) is 9.76. The largest absolute Gasteiger partial charge is 0.493 e. The van der Waals surface area contributed by atoms with Crippen LogP contribution in [0.1, 0.15) is 16.4 Å². The molecule has 1 unspecified atom stereocenters. The predicted octanol–water partition coefficient (Wildman–Crippen LogP) is 2.86. The zero-order valence-electron chi connectivity index (χ0n) is 11.9. The summed E-state index contributed by atoms with van der Waals surface area (Å²) in [5.74, 6) is 2.01. The fraction of sp³-hybridized carbons (Fsp3) is 0.333. The van der Waals surface area contributed by atoms with Crippen molar-refractivity contribution < 1.29 is 14.2 Å². The minimum absolute atomic E-state index is 0.0877. The van der Waals surface area contributed by atoms with E-state index in [4.69, 9.17) is 19.9 Å². The van der Waals surface area contributed by atoms with Gasteiger partial charge in [-0.3, -0.25) is 0 Å². The summed E-state index contributed by atoms with van der Waals surface area (Å²) in [6.45, 7) is 0.506. The highest BCUT2D eigenvalue weighted by Crippen LogP contribution is 2.44. The molecule has 0 radical (unpaired) electrons. The normalized spacial score (nSPS) is 12.0. The molecule has 0 saturated carbocycles. The lowest BCUT2D eigenvalue weighted by atomic mass is 9.96. The maximum absolute atomic E-state index is 5.96. The van der Waals surface area contributed by atoms with Crippen LogP contribution in [0, 0.1) is 0 Å². The number of benzene rings is 1. The molecule has 4 nitrogen and oxygen atoms in total. The number of rotatable bonds is 6. The molecule has 0 aliphatic heterocycles. The topological polar surface area (TPSA) is 53.7 Å². The van der Waals surface area contributed by atoms with Gasteiger partial charge in [-0.05, 0) is 17.5 Å². The highest BCUT2D eigenvalue weighted by atomic mass is 32.1. The van der Waals surface area contributed by atoms with Crippen LogP contribution in [0.15, 0.2) is 29.6 Å². The van der Waals surface area contributed by atoms with Gasteiger partial charge in [-0.1, -0.05) is 12.1 Å². The van der Waals surface area contributed by atoms with Crippen LogP contribution in [0.25, 0.3) is 0 Å². The van der Waals surface area contributed by atoms with Gasteiger partial charge < -0.3 is 19.9 Å². The summed E-state index contributed by atoms with van der Waals surface area (Å²) in [5.41, 5.74) is 6.97. The first-order valence-corrected chi connectivity index (χ1v) is 7.17. The average Bonchev–Trinajstić information content (AvgIpc) is 3.01. The monoisotopic (exact) mass is 293 g/mol. The van der Waals surface area contributed by atoms with Crippen molar-refractivity contribution in [2.24, 2.45) is 5.73 Å². The van der Waals surface area contributed by atoms with Crippen molar-refractivity contribution in [1.82, 2.24) is 0 Å². The van der Waals surface area contributed by atoms with Gasteiger partial charge in [0, 0.05) is 22.9 Å². The molecule has 0 saturated heterocycles. The van der Waals surface area contributed by atoms with Crippen molar-refractivity contribution in [2.75, 3.05) is 27.9 Å². The lowest BCUT2D eigenvalue weighted by molar-refractivity contribution is 0.321. The molecule has 2 N–H and O–H groups in total. The third-order valence-electron chi connectivity index (χ3n) is 3.23. The first kappa shape index (κ1) is 14.7. The van der Waals surface area contributed by atoms with Gasteiger partial charge in [0.2, 0.25) is 5.75 Å². The Morgan fingerprint density at radius 1 is 1.05 bits per heavy atom. The maximum Gasteiger partial charge on any atom is 0.203 e. The Morgan fingerprint density at radius 3 is 2.30 bits per heavy atom. The van der Waals surface area contributed by atoms with Crippen LogP contribution >= 0.6 is 11.3 Å². The Morgan fingerprint density at radius 2 is 1.80 bits per heavy atom. The van der Waals surface area contributed by atoms with Gasteiger partial charge in [0.15, 0.2) is 11.5 Å². The van der Waals surface area contributed by atoms with Crippen molar-refractivity contribution in [3.8, 4) is 17.2 Å². The molecule has 0 fully saturated rings. The molecule has 0 bridgehead atoms. The molecular weight excluding hydrogens is 274 g/mol. The number of hydrogen-bond donors (Lipinski definition) is 1. The summed E-state index contributed by atoms with van der Waals surface area (Å²) in [5, 5.41) is 2.05. The predicted molar refractivity (Wildman–Crippen MR) is 81.3 cm³/mol. The summed E-state index contributed by atoms with van der Waals surface area (Å²) in [4.78, 5) is 1.21. The van der Waals surface area contributed by atoms with Crippen molar-refractivity contribution in [3.05, 3.63) is 40.1 Å². The number of methoxy groups -OCH3 is 3. The maximum atomic E-state index is 5.96. The molecule has 1 aromatic carbocycles. The molecule has 0 spiro atoms. The van der Waals surface area contributed by atoms with E-state index in [0.29, 0.717) is 23.8 Å². The van der Waals surface area contributed by atoms with E-state index >= 15 is 0 Å². The Labute approximate surface area is 123 Å². The van der Waals surface area contributed by atoms with Crippen LogP contribution in [0.2, 0.25) is 0 Å². The van der Waals surface area contributed by atoms with Crippen LogP contribution < -0.4 is 19.9 Å². The van der Waals surface area contributed by atoms with Crippen molar-refractivity contribution >= 4 is 11.3 Å². The first-order valence-electron chi connectivity index (χ1n) is 6.29. The number of thiophene rings is 1. The minimum Gasteiger partial charge on any atom is -0.493 e. The lowest BCUT2D eigenvalue weighted by Crippen LogP contribution is -2.14.